The number of piperazine rings is 1. The molecule has 0 aromatic heterocycles. The van der Waals surface area contributed by atoms with Gasteiger partial charge in [-0.05, 0) is 42.5 Å². The van der Waals surface area contributed by atoms with Crippen molar-refractivity contribution in [2.45, 2.75) is 20.3 Å². The Hall–Kier alpha value is -3.29. The van der Waals surface area contributed by atoms with Crippen LogP contribution in [0.1, 0.15) is 30.6 Å². The molecule has 8 heteroatoms. The SMILES string of the molecule is COc1ccccc1N1CCN(C(=O)c2ccc(N3CC(C)CC(C)C3)c([N+](=O)[O-])c2)CC1. The molecule has 0 spiro atoms. The van der Waals surface area contributed by atoms with Crippen molar-refractivity contribution in [3.8, 4) is 5.75 Å². The third-order valence-electron chi connectivity index (χ3n) is 6.62. The predicted octanol–water partition coefficient (Wildman–Crippen LogP) is 4.05. The molecule has 2 aromatic carbocycles. The molecule has 0 radical (unpaired) electrons. The van der Waals surface area contributed by atoms with E-state index < -0.39 is 0 Å². The fraction of sp³-hybridized carbons (Fsp3) is 0.480. The molecule has 0 N–H and O–H groups in total. The molecule has 2 aromatic rings. The van der Waals surface area contributed by atoms with Crippen LogP contribution in [0.5, 0.6) is 5.75 Å². The minimum absolute atomic E-state index is 0.00908. The van der Waals surface area contributed by atoms with Gasteiger partial charge in [-0.25, -0.2) is 0 Å². The molecular formula is C25H32N4O4. The summed E-state index contributed by atoms with van der Waals surface area (Å²) in [6.45, 7) is 8.40. The van der Waals surface area contributed by atoms with Crippen LogP contribution in [0.25, 0.3) is 0 Å². The Morgan fingerprint density at radius 3 is 2.27 bits per heavy atom. The van der Waals surface area contributed by atoms with Crippen molar-refractivity contribution in [3.05, 3.63) is 58.1 Å². The van der Waals surface area contributed by atoms with Gasteiger partial charge in [-0.1, -0.05) is 26.0 Å². The van der Waals surface area contributed by atoms with Crippen LogP contribution in [-0.4, -0.2) is 62.1 Å². The second-order valence-electron chi connectivity index (χ2n) is 9.26. The molecule has 8 nitrogen and oxygen atoms in total. The molecule has 33 heavy (non-hydrogen) atoms. The van der Waals surface area contributed by atoms with Crippen molar-refractivity contribution in [1.82, 2.24) is 4.90 Å². The number of nitro groups is 1. The first kappa shape index (κ1) is 22.9. The lowest BCUT2D eigenvalue weighted by Crippen LogP contribution is -2.48. The number of amides is 1. The highest BCUT2D eigenvalue weighted by atomic mass is 16.6. The minimum Gasteiger partial charge on any atom is -0.495 e. The summed E-state index contributed by atoms with van der Waals surface area (Å²) >= 11 is 0. The highest BCUT2D eigenvalue weighted by molar-refractivity contribution is 5.96. The van der Waals surface area contributed by atoms with Crippen LogP contribution in [0.15, 0.2) is 42.5 Å². The number of nitro benzene ring substituents is 1. The van der Waals surface area contributed by atoms with Crippen molar-refractivity contribution in [1.29, 1.82) is 0 Å². The van der Waals surface area contributed by atoms with Gasteiger partial charge in [-0.15, -0.1) is 0 Å². The minimum atomic E-state index is -0.365. The molecule has 2 heterocycles. The maximum Gasteiger partial charge on any atom is 0.293 e. The molecule has 2 unspecified atom stereocenters. The van der Waals surface area contributed by atoms with E-state index in [9.17, 15) is 14.9 Å². The topological polar surface area (TPSA) is 79.2 Å². The number of rotatable bonds is 5. The molecular weight excluding hydrogens is 420 g/mol. The number of hydrogen-bond donors (Lipinski definition) is 0. The number of anilines is 2. The van der Waals surface area contributed by atoms with Gasteiger partial charge in [0.1, 0.15) is 11.4 Å². The van der Waals surface area contributed by atoms with E-state index in [-0.39, 0.29) is 16.5 Å². The number of ether oxygens (including phenoxy) is 1. The van der Waals surface area contributed by atoms with Crippen molar-refractivity contribution >= 4 is 23.0 Å². The molecule has 2 saturated heterocycles. The summed E-state index contributed by atoms with van der Waals surface area (Å²) in [5.74, 6) is 1.61. The number of carbonyl (C=O) groups excluding carboxylic acids is 1. The summed E-state index contributed by atoms with van der Waals surface area (Å²) in [4.78, 5) is 30.8. The van der Waals surface area contributed by atoms with E-state index in [1.807, 2.05) is 24.3 Å². The standard InChI is InChI=1S/C25H32N4O4/c1-18-14-19(2)17-28(16-18)21-9-8-20(15-23(21)29(31)32)25(30)27-12-10-26(11-13-27)22-6-4-5-7-24(22)33-3/h4-9,15,18-19H,10-14,16-17H2,1-3H3. The molecule has 0 bridgehead atoms. The third kappa shape index (κ3) is 4.89. The van der Waals surface area contributed by atoms with Gasteiger partial charge in [0.25, 0.3) is 11.6 Å². The Morgan fingerprint density at radius 2 is 1.64 bits per heavy atom. The summed E-state index contributed by atoms with van der Waals surface area (Å²) in [7, 11) is 1.65. The van der Waals surface area contributed by atoms with Crippen molar-refractivity contribution in [2.24, 2.45) is 11.8 Å². The first-order valence-corrected chi connectivity index (χ1v) is 11.6. The number of para-hydroxylation sites is 2. The zero-order chi connectivity index (χ0) is 23.5. The van der Waals surface area contributed by atoms with E-state index in [0.717, 1.165) is 30.9 Å². The van der Waals surface area contributed by atoms with Crippen molar-refractivity contribution < 1.29 is 14.5 Å². The highest BCUT2D eigenvalue weighted by Crippen LogP contribution is 2.34. The lowest BCUT2D eigenvalue weighted by atomic mass is 9.91. The Kier molecular flexibility index (Phi) is 6.72. The molecule has 2 atom stereocenters. The van der Waals surface area contributed by atoms with Crippen LogP contribution in [0, 0.1) is 22.0 Å². The molecule has 0 aliphatic carbocycles. The zero-order valence-corrected chi connectivity index (χ0v) is 19.6. The largest absolute Gasteiger partial charge is 0.495 e. The van der Waals surface area contributed by atoms with Gasteiger partial charge < -0.3 is 19.4 Å². The average Bonchev–Trinajstić information content (AvgIpc) is 2.82. The third-order valence-corrected chi connectivity index (χ3v) is 6.62. The summed E-state index contributed by atoms with van der Waals surface area (Å²) in [5.41, 5.74) is 2.00. The smallest absolute Gasteiger partial charge is 0.293 e. The van der Waals surface area contributed by atoms with Gasteiger partial charge >= 0.3 is 0 Å². The fourth-order valence-electron chi connectivity index (χ4n) is 5.15. The Balaban J connectivity index is 1.48. The van der Waals surface area contributed by atoms with Gasteiger partial charge in [0.05, 0.1) is 17.7 Å². The van der Waals surface area contributed by atoms with E-state index in [1.165, 1.54) is 6.07 Å². The average molecular weight is 453 g/mol. The maximum atomic E-state index is 13.2. The fourth-order valence-corrected chi connectivity index (χ4v) is 5.15. The van der Waals surface area contributed by atoms with Crippen LogP contribution in [0.4, 0.5) is 17.1 Å². The van der Waals surface area contributed by atoms with Crippen LogP contribution < -0.4 is 14.5 Å². The Labute approximate surface area is 194 Å². The second kappa shape index (κ2) is 9.68. The highest BCUT2D eigenvalue weighted by Gasteiger charge is 2.29. The number of hydrogen-bond acceptors (Lipinski definition) is 6. The summed E-state index contributed by atoms with van der Waals surface area (Å²) in [6, 6.07) is 12.8. The maximum absolute atomic E-state index is 13.2. The Bertz CT molecular complexity index is 1010. The van der Waals surface area contributed by atoms with Gasteiger partial charge in [0.2, 0.25) is 0 Å². The summed E-state index contributed by atoms with van der Waals surface area (Å²) < 4.78 is 5.46. The monoisotopic (exact) mass is 452 g/mol. The molecule has 176 valence electrons. The number of benzene rings is 2. The number of carbonyl (C=O) groups is 1. The molecule has 1 amide bonds. The van der Waals surface area contributed by atoms with Crippen LogP contribution in [0.3, 0.4) is 0 Å². The first-order valence-electron chi connectivity index (χ1n) is 11.6. The lowest BCUT2D eigenvalue weighted by molar-refractivity contribution is -0.384. The first-order chi connectivity index (χ1) is 15.9. The summed E-state index contributed by atoms with van der Waals surface area (Å²) in [5, 5.41) is 11.9. The van der Waals surface area contributed by atoms with Crippen molar-refractivity contribution in [2.75, 3.05) is 56.2 Å². The number of piperidine rings is 1. The predicted molar refractivity (Wildman–Crippen MR) is 129 cm³/mol. The zero-order valence-electron chi connectivity index (χ0n) is 19.6. The van der Waals surface area contributed by atoms with E-state index >= 15 is 0 Å². The van der Waals surface area contributed by atoms with Gasteiger partial charge in [0.15, 0.2) is 0 Å². The van der Waals surface area contributed by atoms with E-state index in [4.69, 9.17) is 4.74 Å². The molecule has 4 rings (SSSR count). The van der Waals surface area contributed by atoms with E-state index in [1.54, 1.807) is 24.1 Å². The normalized spacial score (nSPS) is 21.1. The van der Waals surface area contributed by atoms with Crippen LogP contribution >= 0.6 is 0 Å². The van der Waals surface area contributed by atoms with E-state index in [0.29, 0.717) is 49.3 Å². The lowest BCUT2D eigenvalue weighted by Gasteiger charge is -2.37. The van der Waals surface area contributed by atoms with Gasteiger partial charge in [0, 0.05) is 50.9 Å². The number of nitrogens with zero attached hydrogens (tertiary/aromatic N) is 4. The molecule has 2 aliphatic heterocycles. The van der Waals surface area contributed by atoms with Crippen LogP contribution in [0.2, 0.25) is 0 Å². The Morgan fingerprint density at radius 1 is 0.970 bits per heavy atom. The molecule has 2 fully saturated rings. The van der Waals surface area contributed by atoms with Crippen molar-refractivity contribution in [3.63, 3.8) is 0 Å². The molecule has 0 saturated carbocycles. The molecule has 2 aliphatic rings. The van der Waals surface area contributed by atoms with E-state index in [2.05, 4.69) is 23.6 Å². The van der Waals surface area contributed by atoms with Gasteiger partial charge in [-0.2, -0.15) is 0 Å². The van der Waals surface area contributed by atoms with Crippen LogP contribution in [-0.2, 0) is 0 Å². The quantitative estimate of drug-likeness (QED) is 0.503. The second-order valence-corrected chi connectivity index (χ2v) is 9.26. The summed E-state index contributed by atoms with van der Waals surface area (Å²) in [6.07, 6.45) is 1.13. The van der Waals surface area contributed by atoms with Gasteiger partial charge in [-0.3, -0.25) is 14.9 Å². The number of methoxy groups -OCH3 is 1.